The van der Waals surface area contributed by atoms with Crippen LogP contribution in [0.25, 0.3) is 0 Å². The molecule has 0 aliphatic carbocycles. The molecule has 1 unspecified atom stereocenters. The number of imide groups is 1. The van der Waals surface area contributed by atoms with E-state index >= 15 is 0 Å². The maximum atomic E-state index is 13.4. The molecule has 6 heteroatoms. The van der Waals surface area contributed by atoms with Gasteiger partial charge in [0.2, 0.25) is 11.8 Å². The number of anilines is 1. The predicted molar refractivity (Wildman–Crippen MR) is 128 cm³/mol. The number of amides is 3. The van der Waals surface area contributed by atoms with E-state index in [4.69, 9.17) is 11.6 Å². The van der Waals surface area contributed by atoms with E-state index in [-0.39, 0.29) is 42.5 Å². The van der Waals surface area contributed by atoms with Crippen LogP contribution in [-0.2, 0) is 20.9 Å². The molecule has 0 N–H and O–H groups in total. The summed E-state index contributed by atoms with van der Waals surface area (Å²) in [6.45, 7) is 10.3. The van der Waals surface area contributed by atoms with Crippen molar-refractivity contribution in [1.82, 2.24) is 4.90 Å². The molecule has 32 heavy (non-hydrogen) atoms. The molecular formula is C26H31ClN2O3. The van der Waals surface area contributed by atoms with E-state index in [1.807, 2.05) is 51.1 Å². The van der Waals surface area contributed by atoms with Gasteiger partial charge in [-0.05, 0) is 40.7 Å². The van der Waals surface area contributed by atoms with E-state index in [1.54, 1.807) is 18.2 Å². The standard InChI is InChI=1S/C26H31ClN2O3/c1-17(2)18-10-12-20(13-11-18)29-23(30)14-22(25(29)32)28(24(31)15-26(3,4)5)16-19-8-6-7-9-21(19)27/h6-13,17,22H,14-16H2,1-5H3. The van der Waals surface area contributed by atoms with Gasteiger partial charge in [0.15, 0.2) is 0 Å². The van der Waals surface area contributed by atoms with Gasteiger partial charge < -0.3 is 4.90 Å². The lowest BCUT2D eigenvalue weighted by Crippen LogP contribution is -2.46. The third-order valence-electron chi connectivity index (χ3n) is 5.62. The average molecular weight is 455 g/mol. The summed E-state index contributed by atoms with van der Waals surface area (Å²) < 4.78 is 0. The van der Waals surface area contributed by atoms with Gasteiger partial charge in [0.05, 0.1) is 12.1 Å². The number of nitrogens with zero attached hydrogens (tertiary/aromatic N) is 2. The fraction of sp³-hybridized carbons (Fsp3) is 0.423. The molecule has 2 aromatic rings. The topological polar surface area (TPSA) is 57.7 Å². The zero-order valence-electron chi connectivity index (χ0n) is 19.4. The van der Waals surface area contributed by atoms with Crippen molar-refractivity contribution in [1.29, 1.82) is 0 Å². The molecule has 2 aromatic carbocycles. The van der Waals surface area contributed by atoms with E-state index in [1.165, 1.54) is 9.80 Å². The van der Waals surface area contributed by atoms with Crippen molar-refractivity contribution in [2.45, 2.75) is 66.0 Å². The fourth-order valence-corrected chi connectivity index (χ4v) is 4.07. The van der Waals surface area contributed by atoms with Crippen LogP contribution in [0.5, 0.6) is 0 Å². The monoisotopic (exact) mass is 454 g/mol. The molecule has 1 heterocycles. The van der Waals surface area contributed by atoms with Gasteiger partial charge >= 0.3 is 0 Å². The average Bonchev–Trinajstić information content (AvgIpc) is 2.99. The number of hydrogen-bond acceptors (Lipinski definition) is 3. The molecule has 1 fully saturated rings. The van der Waals surface area contributed by atoms with Crippen LogP contribution < -0.4 is 4.90 Å². The van der Waals surface area contributed by atoms with Crippen molar-refractivity contribution < 1.29 is 14.4 Å². The minimum Gasteiger partial charge on any atom is -0.326 e. The van der Waals surface area contributed by atoms with Crippen molar-refractivity contribution >= 4 is 35.0 Å². The predicted octanol–water partition coefficient (Wildman–Crippen LogP) is 5.56. The second-order valence-electron chi connectivity index (χ2n) is 9.88. The molecule has 1 aliphatic heterocycles. The van der Waals surface area contributed by atoms with Crippen LogP contribution in [0.2, 0.25) is 5.02 Å². The molecular weight excluding hydrogens is 424 g/mol. The fourth-order valence-electron chi connectivity index (χ4n) is 3.88. The van der Waals surface area contributed by atoms with E-state index < -0.39 is 6.04 Å². The maximum absolute atomic E-state index is 13.4. The Hall–Kier alpha value is -2.66. The van der Waals surface area contributed by atoms with Crippen molar-refractivity contribution in [3.05, 3.63) is 64.7 Å². The van der Waals surface area contributed by atoms with Crippen LogP contribution in [0.1, 0.15) is 64.5 Å². The Balaban J connectivity index is 1.92. The minimum absolute atomic E-state index is 0.0366. The Morgan fingerprint density at radius 3 is 2.28 bits per heavy atom. The van der Waals surface area contributed by atoms with Crippen LogP contribution in [0.3, 0.4) is 0 Å². The van der Waals surface area contributed by atoms with Crippen LogP contribution in [0, 0.1) is 5.41 Å². The second-order valence-corrected chi connectivity index (χ2v) is 10.3. The lowest BCUT2D eigenvalue weighted by Gasteiger charge is -2.31. The molecule has 1 atom stereocenters. The summed E-state index contributed by atoms with van der Waals surface area (Å²) in [4.78, 5) is 42.3. The molecule has 0 saturated carbocycles. The van der Waals surface area contributed by atoms with Gasteiger partial charge in [0, 0.05) is 18.0 Å². The van der Waals surface area contributed by atoms with Crippen molar-refractivity contribution in [3.63, 3.8) is 0 Å². The quantitative estimate of drug-likeness (QED) is 0.537. The van der Waals surface area contributed by atoms with Crippen LogP contribution >= 0.6 is 11.6 Å². The van der Waals surface area contributed by atoms with E-state index in [0.717, 1.165) is 11.1 Å². The summed E-state index contributed by atoms with van der Waals surface area (Å²) in [7, 11) is 0. The van der Waals surface area contributed by atoms with E-state index in [0.29, 0.717) is 16.6 Å². The van der Waals surface area contributed by atoms with Gasteiger partial charge in [-0.2, -0.15) is 0 Å². The molecule has 170 valence electrons. The SMILES string of the molecule is CC(C)c1ccc(N2C(=O)CC(N(Cc3ccccc3Cl)C(=O)CC(C)(C)C)C2=O)cc1. The van der Waals surface area contributed by atoms with Crippen molar-refractivity contribution in [2.24, 2.45) is 5.41 Å². The van der Waals surface area contributed by atoms with Gasteiger partial charge in [0.1, 0.15) is 6.04 Å². The summed E-state index contributed by atoms with van der Waals surface area (Å²) in [5.74, 6) is -0.491. The van der Waals surface area contributed by atoms with Gasteiger partial charge in [-0.1, -0.05) is 76.6 Å². The van der Waals surface area contributed by atoms with Gasteiger partial charge in [-0.3, -0.25) is 14.4 Å². The third kappa shape index (κ3) is 5.39. The molecule has 0 radical (unpaired) electrons. The highest BCUT2D eigenvalue weighted by Gasteiger charge is 2.44. The number of hydrogen-bond donors (Lipinski definition) is 0. The number of carbonyl (C=O) groups excluding carboxylic acids is 3. The lowest BCUT2D eigenvalue weighted by atomic mass is 9.91. The van der Waals surface area contributed by atoms with Gasteiger partial charge in [-0.15, -0.1) is 0 Å². The summed E-state index contributed by atoms with van der Waals surface area (Å²) in [5.41, 5.74) is 2.16. The highest BCUT2D eigenvalue weighted by atomic mass is 35.5. The summed E-state index contributed by atoms with van der Waals surface area (Å²) in [6, 6.07) is 13.9. The molecule has 0 aromatic heterocycles. The largest absolute Gasteiger partial charge is 0.326 e. The highest BCUT2D eigenvalue weighted by molar-refractivity contribution is 6.31. The van der Waals surface area contributed by atoms with Gasteiger partial charge in [0.25, 0.3) is 5.91 Å². The highest BCUT2D eigenvalue weighted by Crippen LogP contribution is 2.31. The molecule has 0 spiro atoms. The second kappa shape index (κ2) is 9.45. The molecule has 5 nitrogen and oxygen atoms in total. The first kappa shape index (κ1) is 24.0. The zero-order valence-corrected chi connectivity index (χ0v) is 20.1. The maximum Gasteiger partial charge on any atom is 0.257 e. The molecule has 3 amide bonds. The summed E-state index contributed by atoms with van der Waals surface area (Å²) in [6.07, 6.45) is 0.226. The molecule has 0 bridgehead atoms. The summed E-state index contributed by atoms with van der Waals surface area (Å²) in [5, 5.41) is 0.527. The van der Waals surface area contributed by atoms with Crippen molar-refractivity contribution in [3.8, 4) is 0 Å². The minimum atomic E-state index is -0.849. The Morgan fingerprint density at radius 2 is 1.72 bits per heavy atom. The molecule has 1 saturated heterocycles. The Kier molecular flexibility index (Phi) is 7.09. The van der Waals surface area contributed by atoms with E-state index in [2.05, 4.69) is 13.8 Å². The van der Waals surface area contributed by atoms with Crippen molar-refractivity contribution in [2.75, 3.05) is 4.90 Å². The molecule has 3 rings (SSSR count). The number of rotatable bonds is 6. The third-order valence-corrected chi connectivity index (χ3v) is 5.99. The Bertz CT molecular complexity index is 1010. The van der Waals surface area contributed by atoms with E-state index in [9.17, 15) is 14.4 Å². The van der Waals surface area contributed by atoms with Crippen LogP contribution in [0.15, 0.2) is 48.5 Å². The Labute approximate surface area is 195 Å². The smallest absolute Gasteiger partial charge is 0.257 e. The lowest BCUT2D eigenvalue weighted by molar-refractivity contribution is -0.140. The first-order valence-corrected chi connectivity index (χ1v) is 11.4. The number of benzene rings is 2. The zero-order chi connectivity index (χ0) is 23.6. The number of carbonyl (C=O) groups is 3. The molecule has 1 aliphatic rings. The van der Waals surface area contributed by atoms with Crippen LogP contribution in [0.4, 0.5) is 5.69 Å². The summed E-state index contributed by atoms with van der Waals surface area (Å²) >= 11 is 6.34. The van der Waals surface area contributed by atoms with Gasteiger partial charge in [-0.25, -0.2) is 4.90 Å². The Morgan fingerprint density at radius 1 is 1.09 bits per heavy atom. The first-order valence-electron chi connectivity index (χ1n) is 11.0. The first-order chi connectivity index (χ1) is 15.0. The normalized spacial score (nSPS) is 16.7. The number of halogens is 1. The van der Waals surface area contributed by atoms with Crippen LogP contribution in [-0.4, -0.2) is 28.7 Å².